The summed E-state index contributed by atoms with van der Waals surface area (Å²) in [6.07, 6.45) is 0. The maximum atomic E-state index is 5.89. The lowest BCUT2D eigenvalue weighted by Gasteiger charge is -2.07. The van der Waals surface area contributed by atoms with Gasteiger partial charge >= 0.3 is 0 Å². The number of aromatic nitrogens is 4. The normalized spacial score (nSPS) is 10.8. The molecule has 0 saturated carbocycles. The van der Waals surface area contributed by atoms with E-state index in [2.05, 4.69) is 22.3 Å². The molecule has 2 heterocycles. The third-order valence-corrected chi connectivity index (χ3v) is 5.56. The highest BCUT2D eigenvalue weighted by Gasteiger charge is 2.16. The molecule has 0 N–H and O–H groups in total. The number of thioether (sulfide) groups is 1. The van der Waals surface area contributed by atoms with Gasteiger partial charge in [-0.25, -0.2) is 9.97 Å². The predicted octanol–water partition coefficient (Wildman–Crippen LogP) is 6.15. The van der Waals surface area contributed by atoms with E-state index in [1.807, 2.05) is 84.9 Å². The second-order valence-electron chi connectivity index (χ2n) is 6.84. The fourth-order valence-electron chi connectivity index (χ4n) is 3.13. The monoisotopic (exact) mass is 422 g/mol. The molecule has 3 aromatic carbocycles. The molecule has 0 radical (unpaired) electrons. The molecule has 150 valence electrons. The molecule has 31 heavy (non-hydrogen) atoms. The van der Waals surface area contributed by atoms with Crippen molar-refractivity contribution in [2.45, 2.75) is 11.0 Å². The summed E-state index contributed by atoms with van der Waals surface area (Å²) in [5, 5.41) is 8.88. The van der Waals surface area contributed by atoms with Crippen LogP contribution in [0, 0.1) is 0 Å². The molecular formula is C25H18N4OS. The summed E-state index contributed by atoms with van der Waals surface area (Å²) in [5.41, 5.74) is 4.81. The second-order valence-corrected chi connectivity index (χ2v) is 7.77. The molecule has 0 amide bonds. The van der Waals surface area contributed by atoms with Gasteiger partial charge in [-0.3, -0.25) is 0 Å². The van der Waals surface area contributed by atoms with Crippen molar-refractivity contribution in [3.8, 4) is 34.2 Å². The zero-order valence-corrected chi connectivity index (χ0v) is 17.4. The molecule has 0 aliphatic rings. The van der Waals surface area contributed by atoms with Crippen molar-refractivity contribution in [3.63, 3.8) is 0 Å². The molecule has 0 bridgehead atoms. The van der Waals surface area contributed by atoms with Crippen molar-refractivity contribution >= 4 is 11.8 Å². The Morgan fingerprint density at radius 3 is 1.77 bits per heavy atom. The van der Waals surface area contributed by atoms with Gasteiger partial charge in [-0.05, 0) is 11.6 Å². The highest BCUT2D eigenvalue weighted by molar-refractivity contribution is 7.98. The van der Waals surface area contributed by atoms with Crippen LogP contribution in [0.1, 0.15) is 5.56 Å². The first-order valence-corrected chi connectivity index (χ1v) is 10.8. The van der Waals surface area contributed by atoms with Gasteiger partial charge in [0.1, 0.15) is 0 Å². The van der Waals surface area contributed by atoms with Crippen LogP contribution >= 0.6 is 11.8 Å². The van der Waals surface area contributed by atoms with Gasteiger partial charge in [-0.2, -0.15) is 0 Å². The number of hydrogen-bond acceptors (Lipinski definition) is 6. The maximum absolute atomic E-state index is 5.89. The van der Waals surface area contributed by atoms with Crippen LogP contribution in [0.25, 0.3) is 34.2 Å². The molecule has 5 nitrogen and oxygen atoms in total. The average Bonchev–Trinajstić information content (AvgIpc) is 3.33. The van der Waals surface area contributed by atoms with Gasteiger partial charge in [-0.1, -0.05) is 103 Å². The lowest BCUT2D eigenvalue weighted by Crippen LogP contribution is -1.96. The molecule has 6 heteroatoms. The Morgan fingerprint density at radius 1 is 0.645 bits per heavy atom. The van der Waals surface area contributed by atoms with Crippen LogP contribution in [0.2, 0.25) is 0 Å². The van der Waals surface area contributed by atoms with E-state index in [0.29, 0.717) is 16.9 Å². The summed E-state index contributed by atoms with van der Waals surface area (Å²) in [4.78, 5) is 9.43. The smallest absolute Gasteiger partial charge is 0.286 e. The quantitative estimate of drug-likeness (QED) is 0.306. The van der Waals surface area contributed by atoms with E-state index in [0.717, 1.165) is 28.3 Å². The third kappa shape index (κ3) is 4.54. The molecule has 0 fully saturated rings. The summed E-state index contributed by atoms with van der Waals surface area (Å²) in [5.74, 6) is 1.48. The van der Waals surface area contributed by atoms with Crippen molar-refractivity contribution in [1.29, 1.82) is 0 Å². The minimum Gasteiger partial charge on any atom is -0.408 e. The van der Waals surface area contributed by atoms with Crippen LogP contribution in [0.5, 0.6) is 0 Å². The Kier molecular flexibility index (Phi) is 5.54. The van der Waals surface area contributed by atoms with Gasteiger partial charge in [0.2, 0.25) is 5.82 Å². The van der Waals surface area contributed by atoms with Gasteiger partial charge in [0, 0.05) is 16.9 Å². The molecule has 0 aliphatic carbocycles. The molecule has 2 aromatic heterocycles. The van der Waals surface area contributed by atoms with E-state index in [4.69, 9.17) is 14.4 Å². The first-order valence-electron chi connectivity index (χ1n) is 9.86. The zero-order valence-electron chi connectivity index (χ0n) is 16.6. The van der Waals surface area contributed by atoms with Crippen molar-refractivity contribution in [2.24, 2.45) is 0 Å². The fraction of sp³-hybridized carbons (Fsp3) is 0.0400. The molecule has 0 unspecified atom stereocenters. The van der Waals surface area contributed by atoms with Crippen LogP contribution in [0.3, 0.4) is 0 Å². The number of hydrogen-bond donors (Lipinski definition) is 0. The number of nitrogens with zero attached hydrogens (tertiary/aromatic N) is 4. The van der Waals surface area contributed by atoms with Gasteiger partial charge in [0.15, 0.2) is 0 Å². The highest BCUT2D eigenvalue weighted by atomic mass is 32.2. The SMILES string of the molecule is c1ccc(CSc2nnc(-c3nc(-c4ccccc4)cc(-c4ccccc4)n3)o2)cc1. The van der Waals surface area contributed by atoms with E-state index < -0.39 is 0 Å². The Balaban J connectivity index is 1.49. The lowest BCUT2D eigenvalue weighted by molar-refractivity contribution is 0.463. The van der Waals surface area contributed by atoms with Gasteiger partial charge in [0.25, 0.3) is 11.1 Å². The van der Waals surface area contributed by atoms with Crippen molar-refractivity contribution in [2.75, 3.05) is 0 Å². The number of benzene rings is 3. The van der Waals surface area contributed by atoms with Crippen LogP contribution in [-0.4, -0.2) is 20.2 Å². The largest absolute Gasteiger partial charge is 0.408 e. The summed E-state index contributed by atoms with van der Waals surface area (Å²) >= 11 is 1.49. The van der Waals surface area contributed by atoms with E-state index in [9.17, 15) is 0 Å². The molecule has 0 saturated heterocycles. The van der Waals surface area contributed by atoms with E-state index in [-0.39, 0.29) is 0 Å². The molecular weight excluding hydrogens is 404 g/mol. The molecule has 0 spiro atoms. The Morgan fingerprint density at radius 2 is 1.19 bits per heavy atom. The minimum atomic E-state index is 0.311. The summed E-state index contributed by atoms with van der Waals surface area (Å²) in [6, 6.07) is 32.2. The summed E-state index contributed by atoms with van der Waals surface area (Å²) in [7, 11) is 0. The molecule has 5 aromatic rings. The first-order chi connectivity index (χ1) is 15.3. The van der Waals surface area contributed by atoms with Gasteiger partial charge < -0.3 is 4.42 Å². The van der Waals surface area contributed by atoms with E-state index >= 15 is 0 Å². The van der Waals surface area contributed by atoms with Crippen LogP contribution < -0.4 is 0 Å². The Bertz CT molecular complexity index is 1220. The topological polar surface area (TPSA) is 64.7 Å². The maximum Gasteiger partial charge on any atom is 0.286 e. The van der Waals surface area contributed by atoms with Crippen LogP contribution in [0.4, 0.5) is 0 Å². The standard InChI is InChI=1S/C25H18N4OS/c1-4-10-18(11-5-1)17-31-25-29-28-24(30-25)23-26-21(19-12-6-2-7-13-19)16-22(27-23)20-14-8-3-9-15-20/h1-16H,17H2. The molecule has 5 rings (SSSR count). The van der Waals surface area contributed by atoms with Crippen molar-refractivity contribution in [1.82, 2.24) is 20.2 Å². The zero-order chi connectivity index (χ0) is 20.9. The summed E-state index contributed by atoms with van der Waals surface area (Å²) < 4.78 is 5.89. The second kappa shape index (κ2) is 8.93. The van der Waals surface area contributed by atoms with Crippen LogP contribution in [-0.2, 0) is 5.75 Å². The molecule has 0 aliphatic heterocycles. The van der Waals surface area contributed by atoms with E-state index in [1.165, 1.54) is 17.3 Å². The minimum absolute atomic E-state index is 0.311. The average molecular weight is 423 g/mol. The highest BCUT2D eigenvalue weighted by Crippen LogP contribution is 2.29. The van der Waals surface area contributed by atoms with Crippen LogP contribution in [0.15, 0.2) is 107 Å². The third-order valence-electron chi connectivity index (χ3n) is 4.67. The Labute approximate surface area is 184 Å². The number of rotatable bonds is 6. The summed E-state index contributed by atoms with van der Waals surface area (Å²) in [6.45, 7) is 0. The van der Waals surface area contributed by atoms with E-state index in [1.54, 1.807) is 0 Å². The lowest BCUT2D eigenvalue weighted by atomic mass is 10.1. The Hall–Kier alpha value is -3.77. The van der Waals surface area contributed by atoms with Crippen molar-refractivity contribution in [3.05, 3.63) is 103 Å². The predicted molar refractivity (Wildman–Crippen MR) is 122 cm³/mol. The van der Waals surface area contributed by atoms with Gasteiger partial charge in [0.05, 0.1) is 11.4 Å². The fourth-order valence-corrected chi connectivity index (χ4v) is 3.85. The first kappa shape index (κ1) is 19.2. The van der Waals surface area contributed by atoms with Gasteiger partial charge in [-0.15, -0.1) is 10.2 Å². The van der Waals surface area contributed by atoms with Crippen molar-refractivity contribution < 1.29 is 4.42 Å². The molecule has 0 atom stereocenters.